The molecule has 26 heavy (non-hydrogen) atoms. The fourth-order valence-electron chi connectivity index (χ4n) is 2.53. The highest BCUT2D eigenvalue weighted by Crippen LogP contribution is 2.28. The van der Waals surface area contributed by atoms with Crippen LogP contribution in [0, 0.1) is 0 Å². The van der Waals surface area contributed by atoms with Crippen LogP contribution in [-0.4, -0.2) is 25.3 Å². The molecule has 1 aromatic heterocycles. The van der Waals surface area contributed by atoms with E-state index in [9.17, 15) is 14.7 Å². The minimum absolute atomic E-state index is 0.0277. The first kappa shape index (κ1) is 17.3. The second-order valence-corrected chi connectivity index (χ2v) is 5.42. The number of ether oxygens (including phenoxy) is 3. The zero-order valence-corrected chi connectivity index (χ0v) is 14.1. The monoisotopic (exact) mass is 356 g/mol. The number of benzene rings is 2. The Morgan fingerprint density at radius 2 is 1.81 bits per heavy atom. The fourth-order valence-corrected chi connectivity index (χ4v) is 2.53. The van der Waals surface area contributed by atoms with Gasteiger partial charge in [0, 0.05) is 23.1 Å². The molecule has 0 aliphatic heterocycles. The molecule has 0 atom stereocenters. The zero-order valence-electron chi connectivity index (χ0n) is 14.1. The van der Waals surface area contributed by atoms with Crippen molar-refractivity contribution < 1.29 is 28.5 Å². The second-order valence-electron chi connectivity index (χ2n) is 5.42. The number of fused-ring (bicyclic) bond motifs is 1. The van der Waals surface area contributed by atoms with Crippen LogP contribution in [0.2, 0.25) is 0 Å². The van der Waals surface area contributed by atoms with E-state index in [0.717, 1.165) is 0 Å². The minimum Gasteiger partial charge on any atom is -0.508 e. The standard InChI is InChI=1S/C19H16O7/c1-23-15-6-3-11(7-17(15)24-2)19(22)25-10-12-8-18(21)26-16-9-13(20)4-5-14(12)16/h3-9,20H,10H2,1-2H3. The van der Waals surface area contributed by atoms with Gasteiger partial charge in [-0.05, 0) is 30.3 Å². The average molecular weight is 356 g/mol. The molecule has 7 heteroatoms. The number of hydrogen-bond donors (Lipinski definition) is 1. The van der Waals surface area contributed by atoms with Gasteiger partial charge in [-0.15, -0.1) is 0 Å². The summed E-state index contributed by atoms with van der Waals surface area (Å²) < 4.78 is 20.6. The Morgan fingerprint density at radius 1 is 1.04 bits per heavy atom. The van der Waals surface area contributed by atoms with E-state index in [0.29, 0.717) is 22.4 Å². The van der Waals surface area contributed by atoms with Crippen LogP contribution in [0.25, 0.3) is 11.0 Å². The van der Waals surface area contributed by atoms with Gasteiger partial charge in [0.25, 0.3) is 0 Å². The molecule has 0 aliphatic rings. The third kappa shape index (κ3) is 3.46. The van der Waals surface area contributed by atoms with Crippen molar-refractivity contribution in [2.45, 2.75) is 6.61 Å². The van der Waals surface area contributed by atoms with Gasteiger partial charge >= 0.3 is 11.6 Å². The first-order valence-corrected chi connectivity index (χ1v) is 7.66. The lowest BCUT2D eigenvalue weighted by Gasteiger charge is -2.10. The quantitative estimate of drug-likeness (QED) is 0.555. The van der Waals surface area contributed by atoms with Crippen molar-refractivity contribution in [2.75, 3.05) is 14.2 Å². The number of rotatable bonds is 5. The molecule has 0 saturated heterocycles. The Bertz CT molecular complexity index is 1020. The molecule has 0 aliphatic carbocycles. The lowest BCUT2D eigenvalue weighted by atomic mass is 10.1. The second kappa shape index (κ2) is 7.18. The van der Waals surface area contributed by atoms with E-state index in [1.54, 1.807) is 18.2 Å². The molecule has 0 bridgehead atoms. The molecule has 0 spiro atoms. The maximum atomic E-state index is 12.3. The molecule has 0 saturated carbocycles. The molecule has 0 fully saturated rings. The average Bonchev–Trinajstić information content (AvgIpc) is 2.64. The van der Waals surface area contributed by atoms with Crippen LogP contribution in [-0.2, 0) is 11.3 Å². The molecule has 3 rings (SSSR count). The normalized spacial score (nSPS) is 10.5. The lowest BCUT2D eigenvalue weighted by molar-refractivity contribution is 0.0473. The van der Waals surface area contributed by atoms with Gasteiger partial charge in [-0.1, -0.05) is 0 Å². The zero-order chi connectivity index (χ0) is 18.7. The number of hydrogen-bond acceptors (Lipinski definition) is 7. The van der Waals surface area contributed by atoms with Gasteiger partial charge in [0.1, 0.15) is 17.9 Å². The first-order chi connectivity index (χ1) is 12.5. The van der Waals surface area contributed by atoms with E-state index in [2.05, 4.69) is 0 Å². The largest absolute Gasteiger partial charge is 0.508 e. The van der Waals surface area contributed by atoms with E-state index < -0.39 is 11.6 Å². The van der Waals surface area contributed by atoms with Gasteiger partial charge in [0.15, 0.2) is 11.5 Å². The molecule has 3 aromatic rings. The van der Waals surface area contributed by atoms with E-state index in [4.69, 9.17) is 18.6 Å². The maximum absolute atomic E-state index is 12.3. The van der Waals surface area contributed by atoms with Gasteiger partial charge in [-0.2, -0.15) is 0 Å². The summed E-state index contributed by atoms with van der Waals surface area (Å²) in [7, 11) is 2.97. The van der Waals surface area contributed by atoms with Crippen LogP contribution in [0.4, 0.5) is 0 Å². The van der Waals surface area contributed by atoms with Crippen molar-refractivity contribution in [3.05, 3.63) is 64.0 Å². The van der Waals surface area contributed by atoms with Gasteiger partial charge in [-0.3, -0.25) is 0 Å². The summed E-state index contributed by atoms with van der Waals surface area (Å²) in [6, 6.07) is 10.3. The molecule has 134 valence electrons. The molecular weight excluding hydrogens is 340 g/mol. The molecule has 1 N–H and O–H groups in total. The number of aromatic hydroxyl groups is 1. The molecule has 2 aromatic carbocycles. The maximum Gasteiger partial charge on any atom is 0.338 e. The van der Waals surface area contributed by atoms with Crippen molar-refractivity contribution >= 4 is 16.9 Å². The Morgan fingerprint density at radius 3 is 2.54 bits per heavy atom. The number of carbonyl (C=O) groups is 1. The van der Waals surface area contributed by atoms with Crippen molar-refractivity contribution in [1.82, 2.24) is 0 Å². The van der Waals surface area contributed by atoms with Crippen molar-refractivity contribution in [3.63, 3.8) is 0 Å². The smallest absolute Gasteiger partial charge is 0.338 e. The lowest BCUT2D eigenvalue weighted by Crippen LogP contribution is -2.08. The van der Waals surface area contributed by atoms with Crippen LogP contribution in [0.3, 0.4) is 0 Å². The molecule has 0 radical (unpaired) electrons. The number of esters is 1. The highest BCUT2D eigenvalue weighted by atomic mass is 16.5. The predicted molar refractivity (Wildman–Crippen MR) is 92.8 cm³/mol. The third-order valence-electron chi connectivity index (χ3n) is 3.79. The van der Waals surface area contributed by atoms with E-state index in [-0.39, 0.29) is 23.5 Å². The van der Waals surface area contributed by atoms with Crippen LogP contribution in [0.15, 0.2) is 51.7 Å². The van der Waals surface area contributed by atoms with Crippen LogP contribution < -0.4 is 15.1 Å². The SMILES string of the molecule is COc1ccc(C(=O)OCc2cc(=O)oc3cc(O)ccc23)cc1OC. The summed E-state index contributed by atoms with van der Waals surface area (Å²) in [6.45, 7) is -0.125. The predicted octanol–water partition coefficient (Wildman–Crippen LogP) is 2.87. The number of carbonyl (C=O) groups excluding carboxylic acids is 1. The van der Waals surface area contributed by atoms with Gasteiger partial charge < -0.3 is 23.7 Å². The Hall–Kier alpha value is -3.48. The fraction of sp³-hybridized carbons (Fsp3) is 0.158. The minimum atomic E-state index is -0.597. The highest BCUT2D eigenvalue weighted by Gasteiger charge is 2.14. The molecule has 0 unspecified atom stereocenters. The summed E-state index contributed by atoms with van der Waals surface area (Å²) in [5.74, 6) is 0.296. The number of phenols is 1. The summed E-state index contributed by atoms with van der Waals surface area (Å²) >= 11 is 0. The van der Waals surface area contributed by atoms with Crippen molar-refractivity contribution in [1.29, 1.82) is 0 Å². The molecule has 1 heterocycles. The summed E-state index contributed by atoms with van der Waals surface area (Å²) in [5, 5.41) is 10.1. The van der Waals surface area contributed by atoms with Gasteiger partial charge in [0.2, 0.25) is 0 Å². The van der Waals surface area contributed by atoms with Gasteiger partial charge in [0.05, 0.1) is 19.8 Å². The van der Waals surface area contributed by atoms with E-state index >= 15 is 0 Å². The van der Waals surface area contributed by atoms with Crippen LogP contribution >= 0.6 is 0 Å². The number of phenolic OH excluding ortho intramolecular Hbond substituents is 1. The van der Waals surface area contributed by atoms with Crippen LogP contribution in [0.1, 0.15) is 15.9 Å². The Kier molecular flexibility index (Phi) is 4.79. The van der Waals surface area contributed by atoms with E-state index in [1.165, 1.54) is 38.5 Å². The topological polar surface area (TPSA) is 95.2 Å². The van der Waals surface area contributed by atoms with Crippen LogP contribution in [0.5, 0.6) is 17.2 Å². The summed E-state index contributed by atoms with van der Waals surface area (Å²) in [5.41, 5.74) is 0.382. The Labute approximate surface area is 148 Å². The Balaban J connectivity index is 1.84. The first-order valence-electron chi connectivity index (χ1n) is 7.66. The third-order valence-corrected chi connectivity index (χ3v) is 3.79. The number of methoxy groups -OCH3 is 2. The molecule has 7 nitrogen and oxygen atoms in total. The van der Waals surface area contributed by atoms with Crippen molar-refractivity contribution in [2.24, 2.45) is 0 Å². The summed E-state index contributed by atoms with van der Waals surface area (Å²) in [6.07, 6.45) is 0. The molecular formula is C19H16O7. The summed E-state index contributed by atoms with van der Waals surface area (Å²) in [4.78, 5) is 24.0. The van der Waals surface area contributed by atoms with Crippen molar-refractivity contribution in [3.8, 4) is 17.2 Å². The molecule has 0 amide bonds. The highest BCUT2D eigenvalue weighted by molar-refractivity contribution is 5.90. The van der Waals surface area contributed by atoms with E-state index in [1.807, 2.05) is 0 Å². The van der Waals surface area contributed by atoms with Gasteiger partial charge in [-0.25, -0.2) is 9.59 Å².